The lowest BCUT2D eigenvalue weighted by atomic mass is 10.1. The molecule has 0 N–H and O–H groups in total. The van der Waals surface area contributed by atoms with E-state index >= 15 is 0 Å². The molecule has 26 heavy (non-hydrogen) atoms. The predicted molar refractivity (Wildman–Crippen MR) is 96.4 cm³/mol. The van der Waals surface area contributed by atoms with Crippen LogP contribution in [0.5, 0.6) is 0 Å². The molecule has 4 heterocycles. The Morgan fingerprint density at radius 1 is 1.19 bits per heavy atom. The van der Waals surface area contributed by atoms with Crippen molar-refractivity contribution in [3.8, 4) is 0 Å². The quantitative estimate of drug-likeness (QED) is 0.788. The fourth-order valence-electron chi connectivity index (χ4n) is 4.15. The summed E-state index contributed by atoms with van der Waals surface area (Å²) in [6.45, 7) is 2.82. The summed E-state index contributed by atoms with van der Waals surface area (Å²) in [7, 11) is 0. The van der Waals surface area contributed by atoms with E-state index in [0.717, 1.165) is 48.5 Å². The van der Waals surface area contributed by atoms with E-state index in [0.29, 0.717) is 23.8 Å². The maximum atomic E-state index is 13.5. The summed E-state index contributed by atoms with van der Waals surface area (Å²) < 4.78 is 41.4. The van der Waals surface area contributed by atoms with E-state index in [4.69, 9.17) is 0 Å². The highest BCUT2D eigenvalue weighted by molar-refractivity contribution is 7.99. The number of alkyl halides is 3. The van der Waals surface area contributed by atoms with Crippen molar-refractivity contribution in [1.82, 2.24) is 19.5 Å². The molecule has 0 radical (unpaired) electrons. The second-order valence-corrected chi connectivity index (χ2v) is 8.29. The molecule has 2 fully saturated rings. The first kappa shape index (κ1) is 18.1. The number of fused-ring (bicyclic) bond motifs is 1. The van der Waals surface area contributed by atoms with Crippen LogP contribution in [0.1, 0.15) is 55.7 Å². The summed E-state index contributed by atoms with van der Waals surface area (Å²) in [5.74, 6) is 2.33. The van der Waals surface area contributed by atoms with Gasteiger partial charge in [0.1, 0.15) is 5.69 Å². The van der Waals surface area contributed by atoms with E-state index in [1.165, 1.54) is 11.5 Å². The fraction of sp³-hybridized carbons (Fsp3) is 0.667. The number of aryl methyl sites for hydroxylation is 1. The first-order chi connectivity index (χ1) is 12.5. The maximum absolute atomic E-state index is 13.5. The second-order valence-electron chi connectivity index (χ2n) is 7.06. The number of aromatic nitrogens is 3. The standard InChI is InChI=1S/C18H23F3N4S/c1-2-12-10-16(18(19,20)21)25-17(22-12)11-14(23-25)15-4-3-7-24(15)13-5-8-26-9-6-13/h10-11,13,15H,2-9H2,1H3/t15-/m1/s1. The Morgan fingerprint density at radius 2 is 1.96 bits per heavy atom. The van der Waals surface area contributed by atoms with Crippen molar-refractivity contribution in [3.63, 3.8) is 0 Å². The summed E-state index contributed by atoms with van der Waals surface area (Å²) in [5, 5.41) is 4.37. The lowest BCUT2D eigenvalue weighted by molar-refractivity contribution is -0.142. The number of nitrogens with zero attached hydrogens (tertiary/aromatic N) is 4. The Bertz CT molecular complexity index is 783. The molecule has 0 aliphatic carbocycles. The van der Waals surface area contributed by atoms with Crippen LogP contribution in [-0.2, 0) is 12.6 Å². The van der Waals surface area contributed by atoms with E-state index < -0.39 is 11.9 Å². The molecule has 142 valence electrons. The topological polar surface area (TPSA) is 33.4 Å². The molecule has 4 rings (SSSR count). The molecule has 2 aromatic rings. The average Bonchev–Trinajstić information content (AvgIpc) is 3.27. The first-order valence-corrected chi connectivity index (χ1v) is 10.4. The molecule has 2 saturated heterocycles. The smallest absolute Gasteiger partial charge is 0.292 e. The van der Waals surface area contributed by atoms with Gasteiger partial charge in [0, 0.05) is 17.8 Å². The van der Waals surface area contributed by atoms with Gasteiger partial charge >= 0.3 is 6.18 Å². The Morgan fingerprint density at radius 3 is 2.65 bits per heavy atom. The van der Waals surface area contributed by atoms with Crippen LogP contribution in [0.2, 0.25) is 0 Å². The largest absolute Gasteiger partial charge is 0.433 e. The van der Waals surface area contributed by atoms with Crippen molar-refractivity contribution in [2.24, 2.45) is 0 Å². The maximum Gasteiger partial charge on any atom is 0.433 e. The minimum Gasteiger partial charge on any atom is -0.292 e. The van der Waals surface area contributed by atoms with Crippen LogP contribution >= 0.6 is 11.8 Å². The summed E-state index contributed by atoms with van der Waals surface area (Å²) >= 11 is 1.99. The Labute approximate surface area is 155 Å². The van der Waals surface area contributed by atoms with Crippen molar-refractivity contribution < 1.29 is 13.2 Å². The molecule has 2 aliphatic heterocycles. The van der Waals surface area contributed by atoms with Gasteiger partial charge in [0.25, 0.3) is 0 Å². The number of hydrogen-bond acceptors (Lipinski definition) is 4. The highest BCUT2D eigenvalue weighted by atomic mass is 32.2. The molecular formula is C18H23F3N4S. The fourth-order valence-corrected chi connectivity index (χ4v) is 5.23. The van der Waals surface area contributed by atoms with E-state index in [-0.39, 0.29) is 6.04 Å². The normalized spacial score (nSPS) is 23.2. The van der Waals surface area contributed by atoms with Gasteiger partial charge in [0.2, 0.25) is 0 Å². The zero-order valence-electron chi connectivity index (χ0n) is 14.8. The van der Waals surface area contributed by atoms with E-state index in [2.05, 4.69) is 15.0 Å². The highest BCUT2D eigenvalue weighted by Gasteiger charge is 2.37. The molecule has 8 heteroatoms. The predicted octanol–water partition coefficient (Wildman–Crippen LogP) is 4.34. The summed E-state index contributed by atoms with van der Waals surface area (Å²) in [6, 6.07) is 3.51. The molecule has 0 saturated carbocycles. The minimum atomic E-state index is -4.44. The van der Waals surface area contributed by atoms with Crippen LogP contribution in [0.25, 0.3) is 5.65 Å². The first-order valence-electron chi connectivity index (χ1n) is 9.27. The van der Waals surface area contributed by atoms with Crippen LogP contribution in [0, 0.1) is 0 Å². The molecule has 0 unspecified atom stereocenters. The molecule has 0 amide bonds. The molecule has 0 spiro atoms. The zero-order valence-corrected chi connectivity index (χ0v) is 15.6. The number of rotatable bonds is 3. The van der Waals surface area contributed by atoms with Gasteiger partial charge in [0.15, 0.2) is 5.65 Å². The lowest BCUT2D eigenvalue weighted by Crippen LogP contribution is -2.37. The van der Waals surface area contributed by atoms with Crippen molar-refractivity contribution in [3.05, 3.63) is 29.2 Å². The monoisotopic (exact) mass is 384 g/mol. The number of halogens is 3. The van der Waals surface area contributed by atoms with Crippen molar-refractivity contribution in [2.75, 3.05) is 18.1 Å². The third kappa shape index (κ3) is 3.33. The molecule has 0 bridgehead atoms. The Hall–Kier alpha value is -1.28. The van der Waals surface area contributed by atoms with Crippen LogP contribution in [0.4, 0.5) is 13.2 Å². The van der Waals surface area contributed by atoms with Gasteiger partial charge in [-0.05, 0) is 56.2 Å². The third-order valence-corrected chi connectivity index (χ3v) is 6.50. The molecule has 2 aliphatic rings. The van der Waals surface area contributed by atoms with E-state index in [1.807, 2.05) is 18.7 Å². The van der Waals surface area contributed by atoms with Crippen LogP contribution < -0.4 is 0 Å². The van der Waals surface area contributed by atoms with Gasteiger partial charge in [-0.1, -0.05) is 6.92 Å². The average molecular weight is 384 g/mol. The van der Waals surface area contributed by atoms with Crippen molar-refractivity contribution in [1.29, 1.82) is 0 Å². The van der Waals surface area contributed by atoms with Crippen molar-refractivity contribution >= 4 is 17.4 Å². The second kappa shape index (κ2) is 7.03. The molecule has 4 nitrogen and oxygen atoms in total. The summed E-state index contributed by atoms with van der Waals surface area (Å²) in [5.41, 5.74) is 0.748. The molecular weight excluding hydrogens is 361 g/mol. The van der Waals surface area contributed by atoms with Gasteiger partial charge in [-0.2, -0.15) is 30.0 Å². The molecule has 2 aromatic heterocycles. The number of likely N-dealkylation sites (tertiary alicyclic amines) is 1. The Balaban J connectivity index is 1.72. The van der Waals surface area contributed by atoms with Gasteiger partial charge in [0.05, 0.1) is 11.7 Å². The molecule has 0 aromatic carbocycles. The lowest BCUT2D eigenvalue weighted by Gasteiger charge is -2.34. The minimum absolute atomic E-state index is 0.107. The van der Waals surface area contributed by atoms with Gasteiger partial charge in [-0.15, -0.1) is 0 Å². The van der Waals surface area contributed by atoms with E-state index in [9.17, 15) is 13.2 Å². The SMILES string of the molecule is CCc1cc(C(F)(F)F)n2nc([C@H]3CCCN3C3CCSCC3)cc2n1. The van der Waals surface area contributed by atoms with Gasteiger partial charge < -0.3 is 0 Å². The van der Waals surface area contributed by atoms with Crippen LogP contribution in [0.3, 0.4) is 0 Å². The van der Waals surface area contributed by atoms with Gasteiger partial charge in [-0.3, -0.25) is 4.90 Å². The van der Waals surface area contributed by atoms with Crippen LogP contribution in [-0.4, -0.2) is 43.6 Å². The molecule has 1 atom stereocenters. The number of thioether (sulfide) groups is 1. The van der Waals surface area contributed by atoms with Crippen LogP contribution in [0.15, 0.2) is 12.1 Å². The summed E-state index contributed by atoms with van der Waals surface area (Å²) in [4.78, 5) is 6.84. The highest BCUT2D eigenvalue weighted by Crippen LogP contribution is 2.38. The zero-order chi connectivity index (χ0) is 18.3. The number of hydrogen-bond donors (Lipinski definition) is 0. The Kier molecular flexibility index (Phi) is 4.90. The summed E-state index contributed by atoms with van der Waals surface area (Å²) in [6.07, 6.45) is 0.359. The van der Waals surface area contributed by atoms with E-state index in [1.54, 1.807) is 6.07 Å². The van der Waals surface area contributed by atoms with Gasteiger partial charge in [-0.25, -0.2) is 9.50 Å². The third-order valence-electron chi connectivity index (χ3n) is 5.45. The van der Waals surface area contributed by atoms with Crippen molar-refractivity contribution in [2.45, 2.75) is 57.3 Å².